The Kier molecular flexibility index (Phi) is 5.74. The zero-order valence-corrected chi connectivity index (χ0v) is 14.9. The Morgan fingerprint density at radius 3 is 2.69 bits per heavy atom. The third-order valence-electron chi connectivity index (χ3n) is 5.61. The Balaban J connectivity index is 1.58. The minimum Gasteiger partial charge on any atom is -0.481 e. The molecule has 1 saturated heterocycles. The summed E-state index contributed by atoms with van der Waals surface area (Å²) >= 11 is 0. The molecule has 1 aromatic heterocycles. The molecule has 1 aliphatic heterocycles. The number of aliphatic carboxylic acids is 1. The smallest absolute Gasteiger partial charge is 0.310 e. The Labute approximate surface area is 152 Å². The highest BCUT2D eigenvalue weighted by molar-refractivity contribution is 5.85. The molecule has 26 heavy (non-hydrogen) atoms. The molecule has 2 fully saturated rings. The molecule has 1 atom stereocenters. The number of nitrogens with one attached hydrogen (secondary N) is 1. The minimum atomic E-state index is -0.939. The number of hydrogen-bond acceptors (Lipinski definition) is 4. The number of carbonyl (C=O) groups excluding carboxylic acids is 1. The molecular formula is C19H26FN3O3. The van der Waals surface area contributed by atoms with Gasteiger partial charge in [-0.05, 0) is 31.4 Å². The van der Waals surface area contributed by atoms with Gasteiger partial charge in [0.15, 0.2) is 11.6 Å². The first-order chi connectivity index (χ1) is 12.5. The summed E-state index contributed by atoms with van der Waals surface area (Å²) in [4.78, 5) is 30.2. The molecule has 1 aromatic rings. The lowest BCUT2D eigenvalue weighted by Gasteiger charge is -2.28. The number of anilines is 1. The summed E-state index contributed by atoms with van der Waals surface area (Å²) in [6, 6.07) is 2.81. The third-order valence-corrected chi connectivity index (χ3v) is 5.61. The van der Waals surface area contributed by atoms with E-state index in [1.807, 2.05) is 4.90 Å². The van der Waals surface area contributed by atoms with Crippen LogP contribution in [0, 0.1) is 11.2 Å². The molecule has 142 valence electrons. The molecule has 2 aliphatic rings. The summed E-state index contributed by atoms with van der Waals surface area (Å²) in [6.45, 7) is 1.10. The molecule has 0 unspecified atom stereocenters. The van der Waals surface area contributed by atoms with Crippen molar-refractivity contribution in [3.05, 3.63) is 24.1 Å². The van der Waals surface area contributed by atoms with Gasteiger partial charge in [-0.3, -0.25) is 9.59 Å². The number of rotatable bonds is 5. The topological polar surface area (TPSA) is 82.5 Å². The van der Waals surface area contributed by atoms with Crippen molar-refractivity contribution in [3.63, 3.8) is 0 Å². The summed E-state index contributed by atoms with van der Waals surface area (Å²) in [5.41, 5.74) is -0.939. The van der Waals surface area contributed by atoms with Crippen LogP contribution in [0.25, 0.3) is 0 Å². The lowest BCUT2D eigenvalue weighted by Crippen LogP contribution is -2.42. The number of amides is 1. The van der Waals surface area contributed by atoms with E-state index in [4.69, 9.17) is 0 Å². The molecule has 2 N–H and O–H groups in total. The number of halogens is 1. The fourth-order valence-electron chi connectivity index (χ4n) is 4.14. The van der Waals surface area contributed by atoms with Gasteiger partial charge in [-0.25, -0.2) is 9.37 Å². The van der Waals surface area contributed by atoms with Crippen LogP contribution in [-0.2, 0) is 9.59 Å². The Hall–Kier alpha value is -2.18. The van der Waals surface area contributed by atoms with E-state index < -0.39 is 11.4 Å². The maximum absolute atomic E-state index is 13.9. The molecule has 1 aliphatic carbocycles. The summed E-state index contributed by atoms with van der Waals surface area (Å²) in [5, 5.41) is 12.7. The quantitative estimate of drug-likeness (QED) is 0.786. The number of nitrogens with zero attached hydrogens (tertiary/aromatic N) is 2. The number of pyridine rings is 1. The van der Waals surface area contributed by atoms with Gasteiger partial charge in [0, 0.05) is 31.7 Å². The van der Waals surface area contributed by atoms with Crippen molar-refractivity contribution in [1.82, 2.24) is 10.3 Å². The zero-order chi connectivity index (χ0) is 18.6. The van der Waals surface area contributed by atoms with Crippen molar-refractivity contribution in [2.75, 3.05) is 18.0 Å². The normalized spacial score (nSPS) is 22.7. The number of carbonyl (C=O) groups is 2. The Morgan fingerprint density at radius 1 is 1.31 bits per heavy atom. The Bertz CT molecular complexity index is 659. The van der Waals surface area contributed by atoms with E-state index in [0.717, 1.165) is 25.7 Å². The van der Waals surface area contributed by atoms with Crippen molar-refractivity contribution >= 4 is 17.7 Å². The van der Waals surface area contributed by atoms with Gasteiger partial charge in [0.05, 0.1) is 5.41 Å². The maximum atomic E-state index is 13.9. The summed E-state index contributed by atoms with van der Waals surface area (Å²) in [5.74, 6) is -1.15. The largest absolute Gasteiger partial charge is 0.481 e. The van der Waals surface area contributed by atoms with Crippen LogP contribution in [0.1, 0.15) is 51.4 Å². The average Bonchev–Trinajstić information content (AvgIpc) is 2.92. The molecule has 1 saturated carbocycles. The standard InChI is InChI=1S/C19H26FN3O3/c20-15-6-5-10-21-17(15)23-11-7-14(13-23)22-16(24)12-19(18(25)26)8-3-1-2-4-9-19/h5-6,10,14H,1-4,7-9,11-13H2,(H,22,24)(H,25,26)/t14-/m0/s1. The summed E-state index contributed by atoms with van der Waals surface area (Å²) < 4.78 is 13.9. The molecule has 0 aromatic carbocycles. The van der Waals surface area contributed by atoms with Crippen LogP contribution in [-0.4, -0.2) is 41.1 Å². The Morgan fingerprint density at radius 2 is 2.04 bits per heavy atom. The molecule has 7 heteroatoms. The second-order valence-corrected chi connectivity index (χ2v) is 7.48. The van der Waals surface area contributed by atoms with E-state index in [1.165, 1.54) is 6.07 Å². The number of hydrogen-bond donors (Lipinski definition) is 2. The predicted molar refractivity (Wildman–Crippen MR) is 95.3 cm³/mol. The van der Waals surface area contributed by atoms with Gasteiger partial charge in [-0.2, -0.15) is 0 Å². The lowest BCUT2D eigenvalue weighted by molar-refractivity contribution is -0.153. The van der Waals surface area contributed by atoms with E-state index in [-0.39, 0.29) is 24.2 Å². The van der Waals surface area contributed by atoms with Gasteiger partial charge in [-0.15, -0.1) is 0 Å². The first-order valence-electron chi connectivity index (χ1n) is 9.38. The lowest BCUT2D eigenvalue weighted by atomic mass is 9.77. The van der Waals surface area contributed by atoms with Gasteiger partial charge >= 0.3 is 5.97 Å². The maximum Gasteiger partial charge on any atom is 0.310 e. The van der Waals surface area contributed by atoms with E-state index in [1.54, 1.807) is 12.3 Å². The molecule has 6 nitrogen and oxygen atoms in total. The van der Waals surface area contributed by atoms with Gasteiger partial charge in [-0.1, -0.05) is 25.7 Å². The highest BCUT2D eigenvalue weighted by atomic mass is 19.1. The van der Waals surface area contributed by atoms with Crippen LogP contribution in [0.2, 0.25) is 0 Å². The molecule has 0 spiro atoms. The average molecular weight is 363 g/mol. The van der Waals surface area contributed by atoms with E-state index in [0.29, 0.717) is 38.2 Å². The number of aromatic nitrogens is 1. The molecular weight excluding hydrogens is 337 g/mol. The van der Waals surface area contributed by atoms with E-state index in [2.05, 4.69) is 10.3 Å². The van der Waals surface area contributed by atoms with E-state index in [9.17, 15) is 19.1 Å². The van der Waals surface area contributed by atoms with Crippen LogP contribution in [0.4, 0.5) is 10.2 Å². The SMILES string of the molecule is O=C(CC1(C(=O)O)CCCCCC1)N[C@H]1CCN(c2ncccc2F)C1. The highest BCUT2D eigenvalue weighted by Crippen LogP contribution is 2.38. The van der Waals surface area contributed by atoms with Crippen molar-refractivity contribution in [3.8, 4) is 0 Å². The summed E-state index contributed by atoms with van der Waals surface area (Å²) in [6.07, 6.45) is 7.17. The zero-order valence-electron chi connectivity index (χ0n) is 14.9. The molecule has 0 bridgehead atoms. The molecule has 3 rings (SSSR count). The first-order valence-corrected chi connectivity index (χ1v) is 9.38. The fourth-order valence-corrected chi connectivity index (χ4v) is 4.14. The second kappa shape index (κ2) is 8.01. The first kappa shape index (κ1) is 18.6. The van der Waals surface area contributed by atoms with E-state index >= 15 is 0 Å². The summed E-state index contributed by atoms with van der Waals surface area (Å²) in [7, 11) is 0. The fraction of sp³-hybridized carbons (Fsp3) is 0.632. The van der Waals surface area contributed by atoms with Crippen LogP contribution >= 0.6 is 0 Å². The predicted octanol–water partition coefficient (Wildman–Crippen LogP) is 2.73. The third kappa shape index (κ3) is 4.14. The van der Waals surface area contributed by atoms with Gasteiger partial charge < -0.3 is 15.3 Å². The molecule has 2 heterocycles. The number of carboxylic acids is 1. The van der Waals surface area contributed by atoms with Crippen molar-refractivity contribution < 1.29 is 19.1 Å². The molecule has 0 radical (unpaired) electrons. The van der Waals surface area contributed by atoms with Gasteiger partial charge in [0.1, 0.15) is 0 Å². The van der Waals surface area contributed by atoms with Gasteiger partial charge in [0.2, 0.25) is 5.91 Å². The van der Waals surface area contributed by atoms with Crippen LogP contribution in [0.3, 0.4) is 0 Å². The van der Waals surface area contributed by atoms with Crippen molar-refractivity contribution in [1.29, 1.82) is 0 Å². The van der Waals surface area contributed by atoms with Crippen LogP contribution in [0.5, 0.6) is 0 Å². The van der Waals surface area contributed by atoms with Crippen LogP contribution < -0.4 is 10.2 Å². The van der Waals surface area contributed by atoms with Gasteiger partial charge in [0.25, 0.3) is 0 Å². The second-order valence-electron chi connectivity index (χ2n) is 7.48. The monoisotopic (exact) mass is 363 g/mol. The van der Waals surface area contributed by atoms with Crippen molar-refractivity contribution in [2.45, 2.75) is 57.4 Å². The molecule has 1 amide bonds. The van der Waals surface area contributed by atoms with Crippen molar-refractivity contribution in [2.24, 2.45) is 5.41 Å². The minimum absolute atomic E-state index is 0.0246. The number of carboxylic acid groups (broad SMARTS) is 1. The van der Waals surface area contributed by atoms with Crippen LogP contribution in [0.15, 0.2) is 18.3 Å². The highest BCUT2D eigenvalue weighted by Gasteiger charge is 2.41.